The summed E-state index contributed by atoms with van der Waals surface area (Å²) in [6.07, 6.45) is -0.482. The lowest BCUT2D eigenvalue weighted by Gasteiger charge is -2.37. The van der Waals surface area contributed by atoms with Gasteiger partial charge in [0.1, 0.15) is 18.9 Å². The predicted octanol–water partition coefficient (Wildman–Crippen LogP) is 1.31. The molecule has 2 aromatic carbocycles. The second-order valence-corrected chi connectivity index (χ2v) is 8.12. The quantitative estimate of drug-likeness (QED) is 0.699. The van der Waals surface area contributed by atoms with Crippen LogP contribution in [0.15, 0.2) is 48.5 Å². The van der Waals surface area contributed by atoms with Crippen LogP contribution in [-0.2, 0) is 14.4 Å². The van der Waals surface area contributed by atoms with Gasteiger partial charge in [-0.2, -0.15) is 0 Å². The molecule has 0 aliphatic carbocycles. The number of nitrogens with zero attached hydrogens (tertiary/aromatic N) is 3. The Balaban J connectivity index is 1.18. The van der Waals surface area contributed by atoms with Gasteiger partial charge in [-0.25, -0.2) is 0 Å². The van der Waals surface area contributed by atoms with Crippen molar-refractivity contribution < 1.29 is 28.6 Å². The van der Waals surface area contributed by atoms with Crippen molar-refractivity contribution in [2.75, 3.05) is 50.8 Å². The average molecular weight is 451 g/mol. The van der Waals surface area contributed by atoms with Gasteiger partial charge in [0.2, 0.25) is 17.9 Å². The average Bonchev–Trinajstić information content (AvgIpc) is 3.02. The van der Waals surface area contributed by atoms with Crippen LogP contribution in [0.4, 0.5) is 5.69 Å². The molecular weight excluding hydrogens is 426 g/mol. The molecule has 1 atom stereocenters. The number of ether oxygens (including phenoxy) is 3. The summed E-state index contributed by atoms with van der Waals surface area (Å²) < 4.78 is 17.1. The van der Waals surface area contributed by atoms with Gasteiger partial charge in [0.25, 0.3) is 5.91 Å². The predicted molar refractivity (Wildman–Crippen MR) is 118 cm³/mol. The topological polar surface area (TPSA) is 88.6 Å². The highest BCUT2D eigenvalue weighted by molar-refractivity contribution is 6.00. The van der Waals surface area contributed by atoms with Gasteiger partial charge in [0, 0.05) is 26.2 Å². The van der Waals surface area contributed by atoms with Crippen molar-refractivity contribution >= 4 is 23.4 Å². The molecule has 3 heterocycles. The number of rotatable bonds is 3. The third kappa shape index (κ3) is 4.30. The fraction of sp³-hybridized carbons (Fsp3) is 0.375. The van der Waals surface area contributed by atoms with Crippen LogP contribution in [0.1, 0.15) is 6.42 Å². The molecule has 0 bridgehead atoms. The van der Waals surface area contributed by atoms with E-state index in [0.717, 1.165) is 0 Å². The first-order chi connectivity index (χ1) is 16.1. The standard InChI is InChI=1S/C24H25N3O6/c28-22-9-14-31-18-6-2-1-5-17(18)27(22)15-23(29)25-10-12-26(13-11-25)24(30)21-16-32-19-7-3-4-8-20(19)33-21/h1-8,21H,9-16H2/t21-/m0/s1. The van der Waals surface area contributed by atoms with Gasteiger partial charge in [-0.05, 0) is 24.3 Å². The molecule has 172 valence electrons. The largest absolute Gasteiger partial charge is 0.491 e. The van der Waals surface area contributed by atoms with Crippen LogP contribution >= 0.6 is 0 Å². The summed E-state index contributed by atoms with van der Waals surface area (Å²) in [6.45, 7) is 2.00. The van der Waals surface area contributed by atoms with Crippen LogP contribution in [0.25, 0.3) is 0 Å². The Hall–Kier alpha value is -3.75. The molecule has 1 saturated heterocycles. The van der Waals surface area contributed by atoms with E-state index in [1.807, 2.05) is 24.3 Å². The minimum Gasteiger partial charge on any atom is -0.491 e. The highest BCUT2D eigenvalue weighted by Gasteiger charge is 2.34. The zero-order valence-corrected chi connectivity index (χ0v) is 18.1. The summed E-state index contributed by atoms with van der Waals surface area (Å²) in [6, 6.07) is 14.5. The van der Waals surface area contributed by atoms with Crippen molar-refractivity contribution in [2.24, 2.45) is 0 Å². The van der Waals surface area contributed by atoms with Crippen LogP contribution in [0, 0.1) is 0 Å². The minimum atomic E-state index is -0.701. The lowest BCUT2D eigenvalue weighted by Crippen LogP contribution is -2.56. The highest BCUT2D eigenvalue weighted by Crippen LogP contribution is 2.32. The summed E-state index contributed by atoms with van der Waals surface area (Å²) in [7, 11) is 0. The second-order valence-electron chi connectivity index (χ2n) is 8.12. The zero-order valence-electron chi connectivity index (χ0n) is 18.1. The summed E-state index contributed by atoms with van der Waals surface area (Å²) in [5, 5.41) is 0. The van der Waals surface area contributed by atoms with E-state index in [0.29, 0.717) is 55.7 Å². The molecule has 0 radical (unpaired) electrons. The second kappa shape index (κ2) is 9.01. The van der Waals surface area contributed by atoms with E-state index < -0.39 is 6.10 Å². The Kier molecular flexibility index (Phi) is 5.77. The summed E-state index contributed by atoms with van der Waals surface area (Å²) >= 11 is 0. The fourth-order valence-electron chi connectivity index (χ4n) is 4.25. The molecule has 3 aliphatic rings. The molecule has 0 unspecified atom stereocenters. The number of piperazine rings is 1. The Labute approximate surface area is 191 Å². The van der Waals surface area contributed by atoms with E-state index in [9.17, 15) is 14.4 Å². The van der Waals surface area contributed by atoms with Crippen LogP contribution in [0.2, 0.25) is 0 Å². The maximum atomic E-state index is 13.0. The summed E-state index contributed by atoms with van der Waals surface area (Å²) in [4.78, 5) is 43.4. The molecule has 0 aromatic heterocycles. The molecule has 1 fully saturated rings. The lowest BCUT2D eigenvalue weighted by molar-refractivity contribution is -0.146. The van der Waals surface area contributed by atoms with Gasteiger partial charge >= 0.3 is 0 Å². The summed E-state index contributed by atoms with van der Waals surface area (Å²) in [5.41, 5.74) is 0.608. The minimum absolute atomic E-state index is 0.0521. The third-order valence-electron chi connectivity index (χ3n) is 6.05. The van der Waals surface area contributed by atoms with Crippen LogP contribution in [0.3, 0.4) is 0 Å². The molecule has 33 heavy (non-hydrogen) atoms. The number of anilines is 1. The van der Waals surface area contributed by atoms with Crippen LogP contribution < -0.4 is 19.1 Å². The van der Waals surface area contributed by atoms with Gasteiger partial charge in [0.15, 0.2) is 11.5 Å². The van der Waals surface area contributed by atoms with Crippen molar-refractivity contribution in [1.29, 1.82) is 0 Å². The van der Waals surface area contributed by atoms with Crippen molar-refractivity contribution in [1.82, 2.24) is 9.80 Å². The Morgan fingerprint density at radius 2 is 1.52 bits per heavy atom. The maximum Gasteiger partial charge on any atom is 0.267 e. The monoisotopic (exact) mass is 451 g/mol. The molecule has 9 heteroatoms. The van der Waals surface area contributed by atoms with E-state index in [2.05, 4.69) is 0 Å². The number of para-hydroxylation sites is 4. The van der Waals surface area contributed by atoms with Gasteiger partial charge < -0.3 is 24.0 Å². The third-order valence-corrected chi connectivity index (χ3v) is 6.05. The van der Waals surface area contributed by atoms with Gasteiger partial charge in [-0.3, -0.25) is 19.3 Å². The van der Waals surface area contributed by atoms with Crippen molar-refractivity contribution in [3.63, 3.8) is 0 Å². The Bertz CT molecular complexity index is 1070. The van der Waals surface area contributed by atoms with Gasteiger partial charge in [0.05, 0.1) is 18.7 Å². The highest BCUT2D eigenvalue weighted by atomic mass is 16.6. The fourth-order valence-corrected chi connectivity index (χ4v) is 4.25. The number of carbonyl (C=O) groups is 3. The van der Waals surface area contributed by atoms with E-state index in [-0.39, 0.29) is 37.3 Å². The van der Waals surface area contributed by atoms with E-state index in [1.165, 1.54) is 4.90 Å². The number of amides is 3. The number of benzene rings is 2. The number of hydrogen-bond acceptors (Lipinski definition) is 6. The van der Waals surface area contributed by atoms with Crippen LogP contribution in [-0.4, -0.2) is 79.6 Å². The molecular formula is C24H25N3O6. The molecule has 0 spiro atoms. The normalized spacial score (nSPS) is 19.9. The molecule has 0 saturated carbocycles. The van der Waals surface area contributed by atoms with Gasteiger partial charge in [-0.15, -0.1) is 0 Å². The van der Waals surface area contributed by atoms with Gasteiger partial charge in [-0.1, -0.05) is 24.3 Å². The number of carbonyl (C=O) groups excluding carboxylic acids is 3. The van der Waals surface area contributed by atoms with Crippen LogP contribution in [0.5, 0.6) is 17.2 Å². The first-order valence-corrected chi connectivity index (χ1v) is 11.1. The van der Waals surface area contributed by atoms with E-state index in [4.69, 9.17) is 14.2 Å². The van der Waals surface area contributed by atoms with E-state index >= 15 is 0 Å². The van der Waals surface area contributed by atoms with Crippen molar-refractivity contribution in [3.05, 3.63) is 48.5 Å². The smallest absolute Gasteiger partial charge is 0.267 e. The molecule has 9 nitrogen and oxygen atoms in total. The summed E-state index contributed by atoms with van der Waals surface area (Å²) in [5.74, 6) is 1.35. The first-order valence-electron chi connectivity index (χ1n) is 11.1. The molecule has 2 aromatic rings. The SMILES string of the molecule is O=C(CN1C(=O)CCOc2ccccc21)N1CCN(C(=O)[C@@H]2COc3ccccc3O2)CC1. The first kappa shape index (κ1) is 21.1. The van der Waals surface area contributed by atoms with E-state index in [1.54, 1.807) is 34.1 Å². The molecule has 3 amide bonds. The number of hydrogen-bond donors (Lipinski definition) is 0. The zero-order chi connectivity index (χ0) is 22.8. The maximum absolute atomic E-state index is 13.0. The number of fused-ring (bicyclic) bond motifs is 2. The molecule has 5 rings (SSSR count). The van der Waals surface area contributed by atoms with Crippen molar-refractivity contribution in [3.8, 4) is 17.2 Å². The van der Waals surface area contributed by atoms with Crippen molar-refractivity contribution in [2.45, 2.75) is 12.5 Å². The Morgan fingerprint density at radius 3 is 2.30 bits per heavy atom. The lowest BCUT2D eigenvalue weighted by atomic mass is 10.2. The molecule has 0 N–H and O–H groups in total. The Morgan fingerprint density at radius 1 is 0.848 bits per heavy atom. The molecule has 3 aliphatic heterocycles.